The third-order valence-corrected chi connectivity index (χ3v) is 2.70. The van der Waals surface area contributed by atoms with Crippen molar-refractivity contribution in [2.45, 2.75) is 13.3 Å². The van der Waals surface area contributed by atoms with Crippen LogP contribution in [0.25, 0.3) is 10.9 Å². The van der Waals surface area contributed by atoms with E-state index < -0.39 is 0 Å². The zero-order valence-corrected chi connectivity index (χ0v) is 10.2. The summed E-state index contributed by atoms with van der Waals surface area (Å²) in [6, 6.07) is 10.2. The second-order valence-corrected chi connectivity index (χ2v) is 4.38. The molecule has 1 heterocycles. The molecular weight excluding hydrogens is 252 g/mol. The van der Waals surface area contributed by atoms with Crippen LogP contribution in [0.15, 0.2) is 34.8 Å². The Labute approximate surface area is 97.8 Å². The van der Waals surface area contributed by atoms with Gasteiger partial charge in [0, 0.05) is 16.4 Å². The Bertz CT molecular complexity index is 468. The van der Waals surface area contributed by atoms with Crippen molar-refractivity contribution in [1.29, 1.82) is 0 Å². The highest BCUT2D eigenvalue weighted by Crippen LogP contribution is 2.19. The molecule has 0 aliphatic heterocycles. The number of nitrogens with zero attached hydrogens (tertiary/aromatic N) is 1. The van der Waals surface area contributed by atoms with Gasteiger partial charge in [0.25, 0.3) is 0 Å². The molecule has 2 nitrogen and oxygen atoms in total. The van der Waals surface area contributed by atoms with Crippen LogP contribution in [0.5, 0.6) is 0 Å². The molecule has 1 aromatic carbocycles. The molecule has 0 radical (unpaired) electrons. The summed E-state index contributed by atoms with van der Waals surface area (Å²) in [5.74, 6) is 0.951. The van der Waals surface area contributed by atoms with E-state index >= 15 is 0 Å². The number of halogens is 1. The monoisotopic (exact) mass is 264 g/mol. The van der Waals surface area contributed by atoms with Crippen LogP contribution in [0.1, 0.15) is 13.3 Å². The SMILES string of the molecule is CCCNc1ccc2cc(Br)ccc2n1. The average molecular weight is 265 g/mol. The second-order valence-electron chi connectivity index (χ2n) is 3.46. The highest BCUT2D eigenvalue weighted by molar-refractivity contribution is 9.10. The van der Waals surface area contributed by atoms with Crippen molar-refractivity contribution in [2.75, 3.05) is 11.9 Å². The zero-order valence-electron chi connectivity index (χ0n) is 8.63. The zero-order chi connectivity index (χ0) is 10.7. The fraction of sp³-hybridized carbons (Fsp3) is 0.250. The molecule has 3 heteroatoms. The Balaban J connectivity index is 2.34. The van der Waals surface area contributed by atoms with E-state index in [1.54, 1.807) is 0 Å². The van der Waals surface area contributed by atoms with Gasteiger partial charge in [-0.15, -0.1) is 0 Å². The van der Waals surface area contributed by atoms with Gasteiger partial charge in [-0.3, -0.25) is 0 Å². The number of fused-ring (bicyclic) bond motifs is 1. The van der Waals surface area contributed by atoms with Gasteiger partial charge < -0.3 is 5.32 Å². The first-order chi connectivity index (χ1) is 7.29. The van der Waals surface area contributed by atoms with Crippen molar-refractivity contribution in [3.63, 3.8) is 0 Å². The van der Waals surface area contributed by atoms with E-state index in [1.165, 1.54) is 0 Å². The third kappa shape index (κ3) is 2.48. The fourth-order valence-corrected chi connectivity index (χ4v) is 1.83. The van der Waals surface area contributed by atoms with Crippen LogP contribution in [0.2, 0.25) is 0 Å². The van der Waals surface area contributed by atoms with Crippen molar-refractivity contribution < 1.29 is 0 Å². The molecule has 15 heavy (non-hydrogen) atoms. The van der Waals surface area contributed by atoms with Crippen LogP contribution in [-0.4, -0.2) is 11.5 Å². The van der Waals surface area contributed by atoms with Crippen molar-refractivity contribution in [2.24, 2.45) is 0 Å². The molecule has 0 fully saturated rings. The molecule has 1 N–H and O–H groups in total. The number of hydrogen-bond acceptors (Lipinski definition) is 2. The van der Waals surface area contributed by atoms with Gasteiger partial charge in [0.2, 0.25) is 0 Å². The first-order valence-electron chi connectivity index (χ1n) is 5.10. The van der Waals surface area contributed by atoms with Gasteiger partial charge in [-0.1, -0.05) is 22.9 Å². The van der Waals surface area contributed by atoms with Crippen LogP contribution in [0.3, 0.4) is 0 Å². The maximum Gasteiger partial charge on any atom is 0.126 e. The lowest BCUT2D eigenvalue weighted by Crippen LogP contribution is -2.01. The number of hydrogen-bond donors (Lipinski definition) is 1. The minimum atomic E-state index is 0.951. The van der Waals surface area contributed by atoms with Gasteiger partial charge in [-0.05, 0) is 36.8 Å². The van der Waals surface area contributed by atoms with Gasteiger partial charge in [0.05, 0.1) is 5.52 Å². The minimum absolute atomic E-state index is 0.951. The minimum Gasteiger partial charge on any atom is -0.370 e. The van der Waals surface area contributed by atoms with Gasteiger partial charge in [-0.25, -0.2) is 4.98 Å². The number of rotatable bonds is 3. The predicted molar refractivity (Wildman–Crippen MR) is 68.2 cm³/mol. The highest BCUT2D eigenvalue weighted by Gasteiger charge is 1.97. The summed E-state index contributed by atoms with van der Waals surface area (Å²) < 4.78 is 1.09. The van der Waals surface area contributed by atoms with Crippen molar-refractivity contribution in [3.05, 3.63) is 34.8 Å². The molecule has 0 spiro atoms. The summed E-state index contributed by atoms with van der Waals surface area (Å²) in [7, 11) is 0. The normalized spacial score (nSPS) is 10.5. The standard InChI is InChI=1S/C12H13BrN2/c1-2-7-14-12-6-3-9-8-10(13)4-5-11(9)15-12/h3-6,8H,2,7H2,1H3,(H,14,15). The van der Waals surface area contributed by atoms with E-state index in [0.29, 0.717) is 0 Å². The van der Waals surface area contributed by atoms with Crippen LogP contribution < -0.4 is 5.32 Å². The number of pyridine rings is 1. The summed E-state index contributed by atoms with van der Waals surface area (Å²) in [5.41, 5.74) is 1.03. The smallest absolute Gasteiger partial charge is 0.126 e. The summed E-state index contributed by atoms with van der Waals surface area (Å²) in [5, 5.41) is 4.44. The second kappa shape index (κ2) is 4.62. The van der Waals surface area contributed by atoms with Crippen LogP contribution in [0, 0.1) is 0 Å². The molecule has 0 amide bonds. The first-order valence-corrected chi connectivity index (χ1v) is 5.89. The first kappa shape index (κ1) is 10.4. The van der Waals surface area contributed by atoms with E-state index in [9.17, 15) is 0 Å². The van der Waals surface area contributed by atoms with E-state index in [4.69, 9.17) is 0 Å². The molecule has 2 aromatic rings. The quantitative estimate of drug-likeness (QED) is 0.912. The summed E-state index contributed by atoms with van der Waals surface area (Å²) in [4.78, 5) is 4.52. The lowest BCUT2D eigenvalue weighted by molar-refractivity contribution is 0.972. The summed E-state index contributed by atoms with van der Waals surface area (Å²) in [6.45, 7) is 3.11. The van der Waals surface area contributed by atoms with E-state index in [-0.39, 0.29) is 0 Å². The molecule has 0 atom stereocenters. The summed E-state index contributed by atoms with van der Waals surface area (Å²) in [6.07, 6.45) is 1.11. The van der Waals surface area contributed by atoms with Gasteiger partial charge >= 0.3 is 0 Å². The molecule has 0 aliphatic carbocycles. The Morgan fingerprint density at radius 1 is 1.27 bits per heavy atom. The molecule has 1 aromatic heterocycles. The third-order valence-electron chi connectivity index (χ3n) is 2.21. The van der Waals surface area contributed by atoms with E-state index in [2.05, 4.69) is 45.3 Å². The Hall–Kier alpha value is -1.09. The van der Waals surface area contributed by atoms with Gasteiger partial charge in [0.15, 0.2) is 0 Å². The molecule has 0 saturated carbocycles. The van der Waals surface area contributed by atoms with Crippen molar-refractivity contribution in [1.82, 2.24) is 4.98 Å². The molecule has 0 aliphatic rings. The number of benzene rings is 1. The van der Waals surface area contributed by atoms with E-state index in [0.717, 1.165) is 34.2 Å². The molecular formula is C12H13BrN2. The van der Waals surface area contributed by atoms with Crippen LogP contribution in [0.4, 0.5) is 5.82 Å². The number of anilines is 1. The lowest BCUT2D eigenvalue weighted by Gasteiger charge is -2.05. The molecule has 78 valence electrons. The average Bonchev–Trinajstić information content (AvgIpc) is 2.26. The maximum atomic E-state index is 4.52. The van der Waals surface area contributed by atoms with Crippen LogP contribution in [-0.2, 0) is 0 Å². The largest absolute Gasteiger partial charge is 0.370 e. The predicted octanol–water partition coefficient (Wildman–Crippen LogP) is 3.82. The fourth-order valence-electron chi connectivity index (χ4n) is 1.45. The van der Waals surface area contributed by atoms with Crippen molar-refractivity contribution >= 4 is 32.7 Å². The molecule has 0 saturated heterocycles. The number of aromatic nitrogens is 1. The topological polar surface area (TPSA) is 24.9 Å². The van der Waals surface area contributed by atoms with Gasteiger partial charge in [0.1, 0.15) is 5.82 Å². The van der Waals surface area contributed by atoms with Crippen molar-refractivity contribution in [3.8, 4) is 0 Å². The maximum absolute atomic E-state index is 4.52. The van der Waals surface area contributed by atoms with Gasteiger partial charge in [-0.2, -0.15) is 0 Å². The molecule has 0 bridgehead atoms. The Morgan fingerprint density at radius 3 is 2.93 bits per heavy atom. The Kier molecular flexibility index (Phi) is 3.21. The molecule has 2 rings (SSSR count). The molecule has 0 unspecified atom stereocenters. The number of nitrogens with one attached hydrogen (secondary N) is 1. The highest BCUT2D eigenvalue weighted by atomic mass is 79.9. The summed E-state index contributed by atoms with van der Waals surface area (Å²) >= 11 is 3.45. The lowest BCUT2D eigenvalue weighted by atomic mass is 10.2. The Morgan fingerprint density at radius 2 is 2.13 bits per heavy atom. The van der Waals surface area contributed by atoms with E-state index in [1.807, 2.05) is 18.2 Å². The van der Waals surface area contributed by atoms with Crippen LogP contribution >= 0.6 is 15.9 Å².